The van der Waals surface area contributed by atoms with Gasteiger partial charge in [0.2, 0.25) is 11.9 Å². The number of aryl methyl sites for hydroxylation is 1. The van der Waals surface area contributed by atoms with Crippen molar-refractivity contribution in [2.75, 3.05) is 70.1 Å². The molecule has 0 fully saturated rings. The Morgan fingerprint density at radius 2 is 1.61 bits per heavy atom. The highest BCUT2D eigenvalue weighted by Gasteiger charge is 2.44. The van der Waals surface area contributed by atoms with Crippen molar-refractivity contribution in [3.05, 3.63) is 73.0 Å². The summed E-state index contributed by atoms with van der Waals surface area (Å²) in [5.74, 6) is 1.01. The van der Waals surface area contributed by atoms with E-state index in [0.717, 1.165) is 41.8 Å². The van der Waals surface area contributed by atoms with Gasteiger partial charge >= 0.3 is 0 Å². The quantitative estimate of drug-likeness (QED) is 0.0400. The number of ether oxygens (including phenoxy) is 2. The number of benzene rings is 2. The monoisotopic (exact) mass is 875 g/mol. The number of hydrogen-bond acceptors (Lipinski definition) is 10. The summed E-state index contributed by atoms with van der Waals surface area (Å²) in [5, 5.41) is 6.31. The smallest absolute Gasteiger partial charge is 0.247 e. The molecule has 0 spiro atoms. The highest BCUT2D eigenvalue weighted by molar-refractivity contribution is 6.77. The van der Waals surface area contributed by atoms with Crippen molar-refractivity contribution >= 4 is 45.3 Å². The molecule has 0 unspecified atom stereocenters. The van der Waals surface area contributed by atoms with Crippen molar-refractivity contribution in [2.45, 2.75) is 103 Å². The molecule has 0 aliphatic rings. The summed E-state index contributed by atoms with van der Waals surface area (Å²) in [7, 11) is 4.17. The number of amides is 1. The van der Waals surface area contributed by atoms with Crippen LogP contribution in [0.4, 0.5) is 27.4 Å². The van der Waals surface area contributed by atoms with Crippen LogP contribution >= 0.6 is 0 Å². The molecule has 0 saturated heterocycles. The van der Waals surface area contributed by atoms with Gasteiger partial charge in [-0.15, -0.1) is 0 Å². The Bertz CT molecular complexity index is 2030. The zero-order valence-electron chi connectivity index (χ0n) is 39.0. The van der Waals surface area contributed by atoms with Crippen LogP contribution in [0.5, 0.6) is 5.75 Å². The van der Waals surface area contributed by atoms with E-state index in [-0.39, 0.29) is 18.5 Å². The number of methoxy groups -OCH3 is 1. The minimum Gasteiger partial charge on any atom is -0.494 e. The van der Waals surface area contributed by atoms with Gasteiger partial charge in [-0.3, -0.25) is 4.79 Å². The first kappa shape index (κ1) is 49.2. The molecule has 0 saturated carbocycles. The van der Waals surface area contributed by atoms with Crippen LogP contribution in [0.25, 0.3) is 22.6 Å². The first-order valence-corrected chi connectivity index (χ1v) is 27.3. The SMILES string of the molecule is C=CC(=O)Nc1cc(Nc2nccc(-c3c(-c4ccc(F)cc4)nc(CCCO[Si](C(C)C)(C(C)C)C(C)C)n3COCC[Si](C)(C)C)n2)c(OC)cc1N(C)CCN(C)C. The first-order chi connectivity index (χ1) is 28.8. The molecule has 61 heavy (non-hydrogen) atoms. The lowest BCUT2D eigenvalue weighted by atomic mass is 10.1. The van der Waals surface area contributed by atoms with Crippen LogP contribution in [0, 0.1) is 5.82 Å². The number of nitrogens with zero attached hydrogens (tertiary/aromatic N) is 6. The Kier molecular flexibility index (Phi) is 17.8. The van der Waals surface area contributed by atoms with Crippen LogP contribution < -0.4 is 20.3 Å². The number of carbonyl (C=O) groups excluding carboxylic acids is 1. The van der Waals surface area contributed by atoms with E-state index in [0.29, 0.717) is 77.3 Å². The molecule has 1 amide bonds. The van der Waals surface area contributed by atoms with E-state index < -0.39 is 16.4 Å². The number of anilines is 4. The van der Waals surface area contributed by atoms with Crippen molar-refractivity contribution in [1.82, 2.24) is 24.4 Å². The van der Waals surface area contributed by atoms with Crippen molar-refractivity contribution < 1.29 is 23.1 Å². The summed E-state index contributed by atoms with van der Waals surface area (Å²) in [4.78, 5) is 31.7. The maximum Gasteiger partial charge on any atom is 0.247 e. The Hall–Kier alpha value is -4.42. The Morgan fingerprint density at radius 1 is 0.934 bits per heavy atom. The van der Waals surface area contributed by atoms with E-state index in [2.05, 4.69) is 97.7 Å². The molecule has 15 heteroatoms. The fraction of sp³-hybridized carbons (Fsp3) is 0.522. The van der Waals surface area contributed by atoms with Crippen LogP contribution in [0.3, 0.4) is 0 Å². The van der Waals surface area contributed by atoms with Crippen molar-refractivity contribution in [3.63, 3.8) is 0 Å². The molecule has 2 aromatic heterocycles. The van der Waals surface area contributed by atoms with Gasteiger partial charge in [-0.25, -0.2) is 19.3 Å². The van der Waals surface area contributed by atoms with Gasteiger partial charge in [-0.1, -0.05) is 67.8 Å². The standard InChI is InChI=1S/C46H71FN8O4Si2/c1-15-43(56)49-38-29-39(41(57-11)30-40(38)54(10)25-24-53(8)9)51-46-48-23-22-37(50-46)45-44(35-18-20-36(47)21-19-35)52-42(55(45)31-58-27-28-60(12,13)14)17-16-26-59-61(32(2)3,33(4)5)34(6)7/h15,18-23,29-30,32-34H,1,16-17,24-28,31H2,2-14H3,(H,49,56)(H,48,50,51). The summed E-state index contributed by atoms with van der Waals surface area (Å²) in [6, 6.07) is 13.0. The normalized spacial score (nSPS) is 12.2. The second-order valence-corrected chi connectivity index (χ2v) is 29.2. The summed E-state index contributed by atoms with van der Waals surface area (Å²) >= 11 is 0. The van der Waals surface area contributed by atoms with Gasteiger partial charge in [0.25, 0.3) is 0 Å². The molecule has 0 aliphatic carbocycles. The average molecular weight is 875 g/mol. The van der Waals surface area contributed by atoms with Gasteiger partial charge in [-0.05, 0) is 85.7 Å². The fourth-order valence-electron chi connectivity index (χ4n) is 7.99. The number of aromatic nitrogens is 4. The van der Waals surface area contributed by atoms with Crippen LogP contribution in [-0.4, -0.2) is 101 Å². The molecule has 12 nitrogen and oxygen atoms in total. The van der Waals surface area contributed by atoms with Gasteiger partial charge in [0, 0.05) is 65.7 Å². The fourth-order valence-corrected chi connectivity index (χ4v) is 14.2. The Labute approximate surface area is 366 Å². The van der Waals surface area contributed by atoms with Gasteiger partial charge < -0.3 is 38.9 Å². The molecule has 0 bridgehead atoms. The molecule has 2 N–H and O–H groups in total. The van der Waals surface area contributed by atoms with Crippen molar-refractivity contribution in [2.24, 2.45) is 0 Å². The lowest BCUT2D eigenvalue weighted by Gasteiger charge is -2.42. The first-order valence-electron chi connectivity index (χ1n) is 21.5. The number of hydrogen-bond donors (Lipinski definition) is 2. The van der Waals surface area contributed by atoms with Crippen LogP contribution in [0.1, 0.15) is 53.8 Å². The largest absolute Gasteiger partial charge is 0.494 e. The van der Waals surface area contributed by atoms with Gasteiger partial charge in [0.1, 0.15) is 24.1 Å². The van der Waals surface area contributed by atoms with Crippen LogP contribution in [-0.2, 0) is 27.1 Å². The van der Waals surface area contributed by atoms with E-state index in [4.69, 9.17) is 23.9 Å². The molecular weight excluding hydrogens is 804 g/mol. The number of rotatable bonds is 24. The second-order valence-electron chi connectivity index (χ2n) is 18.2. The average Bonchev–Trinajstić information content (AvgIpc) is 3.56. The molecule has 2 aromatic carbocycles. The third-order valence-electron chi connectivity index (χ3n) is 11.2. The highest BCUT2D eigenvalue weighted by atomic mass is 28.4. The number of halogens is 1. The third kappa shape index (κ3) is 13.1. The molecule has 4 aromatic rings. The Balaban J connectivity index is 1.81. The number of likely N-dealkylation sites (N-methyl/N-ethyl adjacent to an activating group) is 2. The lowest BCUT2D eigenvalue weighted by Crippen LogP contribution is -2.48. The summed E-state index contributed by atoms with van der Waals surface area (Å²) in [5.41, 5.74) is 6.11. The molecule has 4 rings (SSSR count). The van der Waals surface area contributed by atoms with Crippen LogP contribution in [0.2, 0.25) is 42.3 Å². The van der Waals surface area contributed by atoms with E-state index in [1.54, 1.807) is 25.4 Å². The van der Waals surface area contributed by atoms with Crippen molar-refractivity contribution in [3.8, 4) is 28.4 Å². The molecule has 0 radical (unpaired) electrons. The van der Waals surface area contributed by atoms with Crippen LogP contribution in [0.15, 0.2) is 61.3 Å². The molecular formula is C46H71FN8O4Si2. The van der Waals surface area contributed by atoms with E-state index in [1.807, 2.05) is 39.3 Å². The lowest BCUT2D eigenvalue weighted by molar-refractivity contribution is -0.111. The third-order valence-corrected chi connectivity index (χ3v) is 19.0. The zero-order chi connectivity index (χ0) is 45.1. The number of imidazole rings is 1. The second kappa shape index (κ2) is 22.1. The number of nitrogens with one attached hydrogen (secondary N) is 2. The molecule has 334 valence electrons. The summed E-state index contributed by atoms with van der Waals surface area (Å²) in [6.07, 6.45) is 4.35. The Morgan fingerprint density at radius 3 is 2.20 bits per heavy atom. The minimum absolute atomic E-state index is 0.266. The molecule has 0 aliphatic heterocycles. The van der Waals surface area contributed by atoms with E-state index in [9.17, 15) is 9.18 Å². The summed E-state index contributed by atoms with van der Waals surface area (Å²) in [6.45, 7) is 27.5. The van der Waals surface area contributed by atoms with Crippen molar-refractivity contribution in [1.29, 1.82) is 0 Å². The van der Waals surface area contributed by atoms with Gasteiger partial charge in [-0.2, -0.15) is 0 Å². The zero-order valence-corrected chi connectivity index (χ0v) is 41.0. The maximum atomic E-state index is 14.3. The topological polar surface area (TPSA) is 119 Å². The highest BCUT2D eigenvalue weighted by Crippen LogP contribution is 2.43. The van der Waals surface area contributed by atoms with Gasteiger partial charge in [0.15, 0.2) is 8.32 Å². The molecule has 0 atom stereocenters. The minimum atomic E-state index is -2.06. The maximum absolute atomic E-state index is 14.3. The summed E-state index contributed by atoms with van der Waals surface area (Å²) < 4.78 is 35.7. The molecule has 2 heterocycles. The number of carbonyl (C=O) groups is 1. The van der Waals surface area contributed by atoms with Gasteiger partial charge in [0.05, 0.1) is 41.3 Å². The predicted octanol–water partition coefficient (Wildman–Crippen LogP) is 10.5. The van der Waals surface area contributed by atoms with E-state index in [1.165, 1.54) is 18.2 Å². The predicted molar refractivity (Wildman–Crippen MR) is 255 cm³/mol. The van der Waals surface area contributed by atoms with E-state index >= 15 is 0 Å².